The molecule has 2 atom stereocenters. The highest BCUT2D eigenvalue weighted by molar-refractivity contribution is 5.76. The van der Waals surface area contributed by atoms with Gasteiger partial charge in [0.1, 0.15) is 0 Å². The molecule has 0 saturated heterocycles. The highest BCUT2D eigenvalue weighted by Gasteiger charge is 2.46. The first kappa shape index (κ1) is 12.7. The fraction of sp³-hybridized carbons (Fsp3) is 0.800. The third-order valence-corrected chi connectivity index (χ3v) is 4.88. The first-order valence-corrected chi connectivity index (χ1v) is 6.66. The van der Waals surface area contributed by atoms with Gasteiger partial charge in [-0.05, 0) is 50.4 Å². The number of rotatable bonds is 1. The monoisotopic (exact) mass is 236 g/mol. The van der Waals surface area contributed by atoms with Crippen molar-refractivity contribution in [3.63, 3.8) is 0 Å². The summed E-state index contributed by atoms with van der Waals surface area (Å²) in [7, 11) is 1.50. The number of esters is 1. The summed E-state index contributed by atoms with van der Waals surface area (Å²) >= 11 is 0. The molecule has 2 rings (SSSR count). The summed E-state index contributed by atoms with van der Waals surface area (Å²) in [6.07, 6.45) is 7.81. The largest absolute Gasteiger partial charge is 0.469 e. The number of hydrogen-bond donors (Lipinski definition) is 0. The van der Waals surface area contributed by atoms with Gasteiger partial charge in [0.25, 0.3) is 0 Å². The second-order valence-electron chi connectivity index (χ2n) is 6.62. The highest BCUT2D eigenvalue weighted by Crippen LogP contribution is 2.53. The molecule has 17 heavy (non-hydrogen) atoms. The van der Waals surface area contributed by atoms with Gasteiger partial charge in [-0.15, -0.1) is 0 Å². The highest BCUT2D eigenvalue weighted by atomic mass is 16.5. The van der Waals surface area contributed by atoms with Crippen molar-refractivity contribution in [2.45, 2.75) is 52.9 Å². The van der Waals surface area contributed by atoms with Crippen LogP contribution in [-0.4, -0.2) is 13.1 Å². The average molecular weight is 236 g/mol. The zero-order valence-electron chi connectivity index (χ0n) is 11.5. The number of hydrogen-bond acceptors (Lipinski definition) is 2. The molecule has 0 aromatic heterocycles. The average Bonchev–Trinajstić information content (AvgIpc) is 2.29. The van der Waals surface area contributed by atoms with E-state index in [0.29, 0.717) is 11.3 Å². The number of carbonyl (C=O) groups is 1. The zero-order chi connectivity index (χ0) is 12.7. The first-order chi connectivity index (χ1) is 7.89. The Labute approximate surface area is 104 Å². The van der Waals surface area contributed by atoms with Crippen molar-refractivity contribution < 1.29 is 9.53 Å². The lowest BCUT2D eigenvalue weighted by Gasteiger charge is -2.47. The fourth-order valence-electron chi connectivity index (χ4n) is 3.54. The predicted molar refractivity (Wildman–Crippen MR) is 68.6 cm³/mol. The van der Waals surface area contributed by atoms with Gasteiger partial charge in [0.15, 0.2) is 0 Å². The van der Waals surface area contributed by atoms with Crippen molar-refractivity contribution in [1.29, 1.82) is 0 Å². The van der Waals surface area contributed by atoms with Crippen LogP contribution in [0.3, 0.4) is 0 Å². The van der Waals surface area contributed by atoms with Crippen LogP contribution in [0.5, 0.6) is 0 Å². The predicted octanol–water partition coefficient (Wildman–Crippen LogP) is 3.71. The van der Waals surface area contributed by atoms with Gasteiger partial charge in [-0.1, -0.05) is 25.5 Å². The second-order valence-corrected chi connectivity index (χ2v) is 6.62. The molecule has 1 fully saturated rings. The van der Waals surface area contributed by atoms with Gasteiger partial charge in [0.2, 0.25) is 0 Å². The lowest BCUT2D eigenvalue weighted by atomic mass is 9.57. The summed E-state index contributed by atoms with van der Waals surface area (Å²) in [6, 6.07) is 0. The Morgan fingerprint density at radius 3 is 2.71 bits per heavy atom. The third-order valence-electron chi connectivity index (χ3n) is 4.88. The van der Waals surface area contributed by atoms with E-state index in [2.05, 4.69) is 26.8 Å². The van der Waals surface area contributed by atoms with Crippen molar-refractivity contribution in [2.75, 3.05) is 7.11 Å². The van der Waals surface area contributed by atoms with E-state index in [1.165, 1.54) is 20.0 Å². The minimum absolute atomic E-state index is 0.0297. The van der Waals surface area contributed by atoms with E-state index in [0.717, 1.165) is 19.3 Å². The Balaban J connectivity index is 2.24. The van der Waals surface area contributed by atoms with Crippen molar-refractivity contribution in [3.05, 3.63) is 11.6 Å². The minimum atomic E-state index is -0.272. The lowest BCUT2D eigenvalue weighted by molar-refractivity contribution is -0.154. The van der Waals surface area contributed by atoms with Crippen LogP contribution in [-0.2, 0) is 9.53 Å². The van der Waals surface area contributed by atoms with Gasteiger partial charge >= 0.3 is 5.97 Å². The topological polar surface area (TPSA) is 26.3 Å². The minimum Gasteiger partial charge on any atom is -0.469 e. The number of fused-ring (bicyclic) bond motifs is 1. The van der Waals surface area contributed by atoms with E-state index in [1.807, 2.05) is 0 Å². The number of carbonyl (C=O) groups excluding carboxylic acids is 1. The van der Waals surface area contributed by atoms with E-state index in [1.54, 1.807) is 5.57 Å². The molecule has 0 aliphatic heterocycles. The van der Waals surface area contributed by atoms with Crippen LogP contribution < -0.4 is 0 Å². The van der Waals surface area contributed by atoms with Gasteiger partial charge in [-0.3, -0.25) is 4.79 Å². The molecule has 0 aromatic carbocycles. The Kier molecular flexibility index (Phi) is 3.09. The Morgan fingerprint density at radius 2 is 2.06 bits per heavy atom. The molecule has 0 N–H and O–H groups in total. The summed E-state index contributed by atoms with van der Waals surface area (Å²) < 4.78 is 4.98. The van der Waals surface area contributed by atoms with Crippen LogP contribution >= 0.6 is 0 Å². The maximum absolute atomic E-state index is 11.9. The van der Waals surface area contributed by atoms with Crippen LogP contribution in [0.25, 0.3) is 0 Å². The standard InChI is InChI=1S/C15H24O2/c1-14(2)8-5-6-11-7-9-15(3,10-12(11)14)13(16)17-4/h6,12H,5,7-10H2,1-4H3. The molecule has 2 aliphatic carbocycles. The molecule has 2 nitrogen and oxygen atoms in total. The van der Waals surface area contributed by atoms with E-state index in [9.17, 15) is 4.79 Å². The van der Waals surface area contributed by atoms with Gasteiger partial charge in [-0.25, -0.2) is 0 Å². The van der Waals surface area contributed by atoms with E-state index in [-0.39, 0.29) is 11.4 Å². The molecule has 96 valence electrons. The van der Waals surface area contributed by atoms with Crippen LogP contribution in [0.2, 0.25) is 0 Å². The molecule has 0 heterocycles. The molecule has 0 aromatic rings. The molecule has 0 bridgehead atoms. The SMILES string of the molecule is COC(=O)C1(C)CCC2=CCCC(C)(C)C2C1. The number of ether oxygens (including phenoxy) is 1. The molecule has 0 spiro atoms. The van der Waals surface area contributed by atoms with Gasteiger partial charge in [0.05, 0.1) is 12.5 Å². The molecule has 0 radical (unpaired) electrons. The van der Waals surface area contributed by atoms with Crippen LogP contribution in [0.4, 0.5) is 0 Å². The molecule has 0 amide bonds. The smallest absolute Gasteiger partial charge is 0.311 e. The van der Waals surface area contributed by atoms with Crippen molar-refractivity contribution in [2.24, 2.45) is 16.7 Å². The molecule has 2 unspecified atom stereocenters. The van der Waals surface area contributed by atoms with Gasteiger partial charge in [0, 0.05) is 0 Å². The fourth-order valence-corrected chi connectivity index (χ4v) is 3.54. The van der Waals surface area contributed by atoms with Crippen molar-refractivity contribution in [3.8, 4) is 0 Å². The maximum Gasteiger partial charge on any atom is 0.311 e. The second kappa shape index (κ2) is 4.15. The maximum atomic E-state index is 11.9. The summed E-state index contributed by atoms with van der Waals surface area (Å²) in [5.74, 6) is 0.534. The van der Waals surface area contributed by atoms with Crippen LogP contribution in [0.15, 0.2) is 11.6 Å². The van der Waals surface area contributed by atoms with Crippen molar-refractivity contribution >= 4 is 5.97 Å². The molecule has 1 saturated carbocycles. The lowest BCUT2D eigenvalue weighted by Crippen LogP contribution is -2.41. The normalized spacial score (nSPS) is 35.8. The molecule has 2 aliphatic rings. The van der Waals surface area contributed by atoms with Gasteiger partial charge in [-0.2, -0.15) is 0 Å². The molecular formula is C15H24O2. The Morgan fingerprint density at radius 1 is 1.35 bits per heavy atom. The summed E-state index contributed by atoms with van der Waals surface area (Å²) in [6.45, 7) is 6.75. The Hall–Kier alpha value is -0.790. The molecular weight excluding hydrogens is 212 g/mol. The zero-order valence-corrected chi connectivity index (χ0v) is 11.5. The van der Waals surface area contributed by atoms with Crippen molar-refractivity contribution in [1.82, 2.24) is 0 Å². The van der Waals surface area contributed by atoms with Crippen LogP contribution in [0.1, 0.15) is 52.9 Å². The number of methoxy groups -OCH3 is 1. The number of allylic oxidation sites excluding steroid dienone is 2. The third kappa shape index (κ3) is 2.14. The van der Waals surface area contributed by atoms with Gasteiger partial charge < -0.3 is 4.74 Å². The summed E-state index contributed by atoms with van der Waals surface area (Å²) in [4.78, 5) is 11.9. The summed E-state index contributed by atoms with van der Waals surface area (Å²) in [5.41, 5.74) is 1.65. The summed E-state index contributed by atoms with van der Waals surface area (Å²) in [5, 5.41) is 0. The van der Waals surface area contributed by atoms with E-state index >= 15 is 0 Å². The quantitative estimate of drug-likeness (QED) is 0.512. The molecule has 2 heteroatoms. The van der Waals surface area contributed by atoms with E-state index in [4.69, 9.17) is 4.74 Å². The van der Waals surface area contributed by atoms with Crippen LogP contribution in [0, 0.1) is 16.7 Å². The Bertz CT molecular complexity index is 354. The van der Waals surface area contributed by atoms with E-state index < -0.39 is 0 Å². The first-order valence-electron chi connectivity index (χ1n) is 6.66.